The van der Waals surface area contributed by atoms with Crippen LogP contribution in [0.25, 0.3) is 10.2 Å². The third-order valence-corrected chi connectivity index (χ3v) is 4.54. The summed E-state index contributed by atoms with van der Waals surface area (Å²) in [5.74, 6) is 0.0122. The number of nitrogens with zero attached hydrogens (tertiary/aromatic N) is 3. The Balaban J connectivity index is 1.86. The Hall–Kier alpha value is -2.22. The van der Waals surface area contributed by atoms with E-state index in [4.69, 9.17) is 11.5 Å². The molecule has 1 aliphatic rings. The Morgan fingerprint density at radius 2 is 2.30 bits per heavy atom. The molecule has 1 saturated heterocycles. The number of primary amides is 1. The van der Waals surface area contributed by atoms with Crippen molar-refractivity contribution in [3.63, 3.8) is 0 Å². The van der Waals surface area contributed by atoms with E-state index < -0.39 is 6.03 Å². The van der Waals surface area contributed by atoms with Crippen molar-refractivity contribution in [2.45, 2.75) is 12.8 Å². The molecule has 0 bridgehead atoms. The van der Waals surface area contributed by atoms with E-state index in [0.717, 1.165) is 20.7 Å². The van der Waals surface area contributed by atoms with Crippen LogP contribution in [0.4, 0.5) is 10.6 Å². The summed E-state index contributed by atoms with van der Waals surface area (Å²) in [6, 6.07) is -0.681. The van der Waals surface area contributed by atoms with E-state index in [0.29, 0.717) is 25.2 Å². The van der Waals surface area contributed by atoms with Gasteiger partial charge in [-0.2, -0.15) is 0 Å². The third kappa shape index (κ3) is 1.97. The van der Waals surface area contributed by atoms with Crippen LogP contribution in [-0.2, 0) is 11.2 Å². The van der Waals surface area contributed by atoms with Crippen LogP contribution in [0.15, 0.2) is 11.7 Å². The first kappa shape index (κ1) is 12.8. The zero-order valence-corrected chi connectivity index (χ0v) is 11.4. The van der Waals surface area contributed by atoms with Gasteiger partial charge >= 0.3 is 6.03 Å². The Morgan fingerprint density at radius 3 is 3.00 bits per heavy atom. The lowest BCUT2D eigenvalue weighted by molar-refractivity contribution is -0.128. The number of nitrogens with two attached hydrogens (primary N) is 2. The van der Waals surface area contributed by atoms with E-state index in [1.54, 1.807) is 0 Å². The van der Waals surface area contributed by atoms with Crippen molar-refractivity contribution in [3.05, 3.63) is 17.3 Å². The number of hydrogen-bond donors (Lipinski definition) is 2. The molecule has 1 fully saturated rings. The first-order chi connectivity index (χ1) is 9.58. The molecule has 104 valence electrons. The molecule has 2 aromatic rings. The monoisotopic (exact) mass is 291 g/mol. The quantitative estimate of drug-likeness (QED) is 0.846. The Kier molecular flexibility index (Phi) is 3.01. The second-order valence-corrected chi connectivity index (χ2v) is 5.60. The highest BCUT2D eigenvalue weighted by Crippen LogP contribution is 2.31. The van der Waals surface area contributed by atoms with Crippen molar-refractivity contribution in [1.82, 2.24) is 14.9 Å². The molecule has 0 aromatic carbocycles. The van der Waals surface area contributed by atoms with Crippen LogP contribution in [0.3, 0.4) is 0 Å². The maximum Gasteiger partial charge on any atom is 0.321 e. The molecular formula is C12H13N5O2S. The van der Waals surface area contributed by atoms with Crippen LogP contribution in [-0.4, -0.2) is 33.4 Å². The lowest BCUT2D eigenvalue weighted by atomic mass is 9.99. The number of hydrogen-bond acceptors (Lipinski definition) is 6. The van der Waals surface area contributed by atoms with E-state index in [2.05, 4.69) is 9.97 Å². The summed E-state index contributed by atoms with van der Waals surface area (Å²) >= 11 is 1.47. The maximum absolute atomic E-state index is 12.0. The van der Waals surface area contributed by atoms with Gasteiger partial charge in [-0.25, -0.2) is 14.8 Å². The fourth-order valence-corrected chi connectivity index (χ4v) is 3.41. The van der Waals surface area contributed by atoms with Crippen LogP contribution < -0.4 is 11.5 Å². The van der Waals surface area contributed by atoms with Gasteiger partial charge in [0.25, 0.3) is 0 Å². The second-order valence-electron chi connectivity index (χ2n) is 4.72. The molecule has 1 unspecified atom stereocenters. The normalized spacial score (nSPS) is 18.9. The number of anilines is 1. The molecule has 4 N–H and O–H groups in total. The number of urea groups is 1. The van der Waals surface area contributed by atoms with Crippen molar-refractivity contribution < 1.29 is 9.59 Å². The maximum atomic E-state index is 12.0. The van der Waals surface area contributed by atoms with E-state index in [1.165, 1.54) is 17.7 Å². The SMILES string of the molecule is NC(=O)N1CCC(Cc2csc3c(N)ncnc23)C1=O. The number of aromatic nitrogens is 2. The lowest BCUT2D eigenvalue weighted by Gasteiger charge is -2.11. The van der Waals surface area contributed by atoms with Crippen molar-refractivity contribution >= 4 is 39.3 Å². The van der Waals surface area contributed by atoms with Gasteiger partial charge in [0.15, 0.2) is 0 Å². The first-order valence-corrected chi connectivity index (χ1v) is 7.03. The number of carbonyl (C=O) groups excluding carboxylic acids is 2. The van der Waals surface area contributed by atoms with Crippen LogP contribution in [0.5, 0.6) is 0 Å². The van der Waals surface area contributed by atoms with Gasteiger partial charge in [-0.1, -0.05) is 0 Å². The van der Waals surface area contributed by atoms with E-state index in [9.17, 15) is 9.59 Å². The van der Waals surface area contributed by atoms with Crippen molar-refractivity contribution in [3.8, 4) is 0 Å². The highest BCUT2D eigenvalue weighted by atomic mass is 32.1. The molecule has 0 spiro atoms. The molecule has 0 radical (unpaired) electrons. The molecule has 1 aliphatic heterocycles. The minimum Gasteiger partial charge on any atom is -0.382 e. The number of amides is 3. The average Bonchev–Trinajstić information content (AvgIpc) is 2.97. The molecule has 3 amide bonds. The molecule has 8 heteroatoms. The zero-order chi connectivity index (χ0) is 14.3. The standard InChI is InChI=1S/C12H13N5O2S/c13-10-9-8(15-5-16-10)7(4-20-9)3-6-1-2-17(11(6)18)12(14)19/h4-6H,1-3H2,(H2,14,19)(H2,13,15,16). The van der Waals surface area contributed by atoms with Crippen LogP contribution in [0, 0.1) is 5.92 Å². The van der Waals surface area contributed by atoms with Gasteiger partial charge in [-0.3, -0.25) is 9.69 Å². The largest absolute Gasteiger partial charge is 0.382 e. The number of nitrogen functional groups attached to an aromatic ring is 1. The smallest absolute Gasteiger partial charge is 0.321 e. The van der Waals surface area contributed by atoms with Gasteiger partial charge in [0, 0.05) is 12.5 Å². The minimum absolute atomic E-state index is 0.209. The molecule has 7 nitrogen and oxygen atoms in total. The van der Waals surface area contributed by atoms with Gasteiger partial charge in [-0.05, 0) is 23.8 Å². The summed E-state index contributed by atoms with van der Waals surface area (Å²) in [5, 5.41) is 1.94. The number of imide groups is 1. The fourth-order valence-electron chi connectivity index (χ4n) is 2.48. The van der Waals surface area contributed by atoms with Gasteiger partial charge in [0.1, 0.15) is 12.1 Å². The number of carbonyl (C=O) groups is 2. The van der Waals surface area contributed by atoms with E-state index in [-0.39, 0.29) is 11.8 Å². The number of rotatable bonds is 2. The third-order valence-electron chi connectivity index (χ3n) is 3.50. The summed E-state index contributed by atoms with van der Waals surface area (Å²) in [7, 11) is 0. The molecule has 3 heterocycles. The Morgan fingerprint density at radius 1 is 1.50 bits per heavy atom. The van der Waals surface area contributed by atoms with Crippen LogP contribution in [0.2, 0.25) is 0 Å². The second kappa shape index (κ2) is 4.71. The van der Waals surface area contributed by atoms with Crippen molar-refractivity contribution in [2.75, 3.05) is 12.3 Å². The summed E-state index contributed by atoms with van der Waals surface area (Å²) in [6.45, 7) is 0.387. The molecule has 2 aromatic heterocycles. The topological polar surface area (TPSA) is 115 Å². The number of fused-ring (bicyclic) bond motifs is 1. The Labute approximate surface area is 118 Å². The van der Waals surface area contributed by atoms with E-state index >= 15 is 0 Å². The lowest BCUT2D eigenvalue weighted by Crippen LogP contribution is -2.38. The van der Waals surface area contributed by atoms with Crippen molar-refractivity contribution in [2.24, 2.45) is 11.7 Å². The molecular weight excluding hydrogens is 278 g/mol. The predicted molar refractivity (Wildman–Crippen MR) is 74.9 cm³/mol. The highest BCUT2D eigenvalue weighted by molar-refractivity contribution is 7.17. The predicted octanol–water partition coefficient (Wildman–Crippen LogP) is 0.743. The zero-order valence-electron chi connectivity index (χ0n) is 10.6. The Bertz CT molecular complexity index is 698. The van der Waals surface area contributed by atoms with Gasteiger partial charge < -0.3 is 11.5 Å². The average molecular weight is 291 g/mol. The highest BCUT2D eigenvalue weighted by Gasteiger charge is 2.34. The first-order valence-electron chi connectivity index (χ1n) is 6.15. The van der Waals surface area contributed by atoms with Crippen LogP contribution >= 0.6 is 11.3 Å². The summed E-state index contributed by atoms with van der Waals surface area (Å²) in [5.41, 5.74) is 12.7. The summed E-state index contributed by atoms with van der Waals surface area (Å²) < 4.78 is 0.833. The molecule has 3 rings (SSSR count). The van der Waals surface area contributed by atoms with Gasteiger partial charge in [0.2, 0.25) is 5.91 Å². The molecule has 1 atom stereocenters. The number of likely N-dealkylation sites (tertiary alicyclic amines) is 1. The molecule has 20 heavy (non-hydrogen) atoms. The summed E-state index contributed by atoms with van der Waals surface area (Å²) in [6.07, 6.45) is 2.58. The molecule has 0 saturated carbocycles. The van der Waals surface area contributed by atoms with Gasteiger partial charge in [-0.15, -0.1) is 11.3 Å². The molecule has 0 aliphatic carbocycles. The fraction of sp³-hybridized carbons (Fsp3) is 0.333. The minimum atomic E-state index is -0.681. The van der Waals surface area contributed by atoms with Crippen molar-refractivity contribution in [1.29, 1.82) is 0 Å². The van der Waals surface area contributed by atoms with Gasteiger partial charge in [0.05, 0.1) is 10.2 Å². The number of thiophene rings is 1. The summed E-state index contributed by atoms with van der Waals surface area (Å²) in [4.78, 5) is 32.4. The van der Waals surface area contributed by atoms with Crippen LogP contribution in [0.1, 0.15) is 12.0 Å². The van der Waals surface area contributed by atoms with E-state index in [1.807, 2.05) is 5.38 Å².